The standard InChI is InChI=1S/C28H32Cl2N2O7S/c1-15-10-20-19-6-5-17-11-18(33)8-9-25(17,2)27(19,30)21(34)12-26(20,3)28(15,22(35)13-29)39-24(36)16-4-7-23(32-14-16)40(31,37)38/h4,7-9,11,14-15,19-21,34H,5-6,10,12-13H2,1-3H3,(H2,31,37,38)/t15-,19+,20+,21+,25+,26+,27+,28+/m1/s1. The number of aliphatic hydroxyl groups excluding tert-OH is 1. The molecular weight excluding hydrogens is 579 g/mol. The second-order valence-corrected chi connectivity index (χ2v) is 14.4. The van der Waals surface area contributed by atoms with E-state index in [4.69, 9.17) is 33.1 Å². The summed E-state index contributed by atoms with van der Waals surface area (Å²) in [7, 11) is -4.07. The zero-order valence-electron chi connectivity index (χ0n) is 22.4. The number of carbonyl (C=O) groups is 3. The average molecular weight is 612 g/mol. The maximum absolute atomic E-state index is 13.7. The van der Waals surface area contributed by atoms with Gasteiger partial charge in [0.15, 0.2) is 22.2 Å². The Morgan fingerprint density at radius 3 is 2.55 bits per heavy atom. The minimum Gasteiger partial charge on any atom is -0.446 e. The summed E-state index contributed by atoms with van der Waals surface area (Å²) in [5.41, 5.74) is -2.65. The molecule has 0 aliphatic heterocycles. The summed E-state index contributed by atoms with van der Waals surface area (Å²) in [4.78, 5) is 42.0. The number of sulfonamides is 1. The summed E-state index contributed by atoms with van der Waals surface area (Å²) in [6.45, 7) is 5.64. The van der Waals surface area contributed by atoms with Gasteiger partial charge in [-0.3, -0.25) is 9.59 Å². The number of Topliss-reactive ketones (excluding diaryl/α,β-unsaturated/α-hetero) is 1. The van der Waals surface area contributed by atoms with Crippen molar-refractivity contribution >= 4 is 50.8 Å². The van der Waals surface area contributed by atoms with Crippen LogP contribution in [0.15, 0.2) is 47.2 Å². The van der Waals surface area contributed by atoms with Gasteiger partial charge in [-0.05, 0) is 61.8 Å². The van der Waals surface area contributed by atoms with Crippen molar-refractivity contribution in [3.63, 3.8) is 0 Å². The Kier molecular flexibility index (Phi) is 6.95. The highest BCUT2D eigenvalue weighted by atomic mass is 35.5. The largest absolute Gasteiger partial charge is 0.446 e. The van der Waals surface area contributed by atoms with Gasteiger partial charge in [0.1, 0.15) is 0 Å². The van der Waals surface area contributed by atoms with Crippen molar-refractivity contribution in [2.75, 3.05) is 5.88 Å². The van der Waals surface area contributed by atoms with Crippen LogP contribution in [-0.2, 0) is 24.3 Å². The first-order valence-corrected chi connectivity index (χ1v) is 15.6. The fourth-order valence-electron chi connectivity index (χ4n) is 8.37. The minimum atomic E-state index is -4.07. The van der Waals surface area contributed by atoms with E-state index in [2.05, 4.69) is 4.98 Å². The smallest absolute Gasteiger partial charge is 0.340 e. The molecule has 216 valence electrons. The highest BCUT2D eigenvalue weighted by Gasteiger charge is 2.76. The summed E-state index contributed by atoms with van der Waals surface area (Å²) in [6, 6.07) is 2.31. The van der Waals surface area contributed by atoms with Gasteiger partial charge in [-0.25, -0.2) is 23.3 Å². The zero-order chi connectivity index (χ0) is 29.5. The molecule has 3 fully saturated rings. The number of carbonyl (C=O) groups excluding carboxylic acids is 3. The van der Waals surface area contributed by atoms with E-state index in [-0.39, 0.29) is 29.6 Å². The Bertz CT molecular complexity index is 1460. The number of aliphatic hydroxyl groups is 1. The summed E-state index contributed by atoms with van der Waals surface area (Å²) in [5, 5.41) is 16.5. The van der Waals surface area contributed by atoms with Crippen molar-refractivity contribution in [1.82, 2.24) is 4.98 Å². The molecule has 1 heterocycles. The first-order valence-electron chi connectivity index (χ1n) is 13.2. The number of ether oxygens (including phenoxy) is 1. The third-order valence-corrected chi connectivity index (χ3v) is 12.2. The van der Waals surface area contributed by atoms with Crippen molar-refractivity contribution in [3.8, 4) is 0 Å². The Labute approximate surface area is 243 Å². The van der Waals surface area contributed by atoms with E-state index >= 15 is 0 Å². The number of allylic oxidation sites excluding steroid dienone is 4. The summed E-state index contributed by atoms with van der Waals surface area (Å²) in [6.07, 6.45) is 6.59. The molecule has 0 radical (unpaired) electrons. The van der Waals surface area contributed by atoms with E-state index in [1.165, 1.54) is 12.1 Å². The third-order valence-electron chi connectivity index (χ3n) is 10.2. The van der Waals surface area contributed by atoms with Crippen LogP contribution in [0.4, 0.5) is 0 Å². The number of halogens is 2. The fraction of sp³-hybridized carbons (Fsp3) is 0.571. The predicted molar refractivity (Wildman–Crippen MR) is 147 cm³/mol. The molecule has 3 N–H and O–H groups in total. The number of ketones is 2. The average Bonchev–Trinajstić information content (AvgIpc) is 3.11. The highest BCUT2D eigenvalue weighted by Crippen LogP contribution is 2.72. The molecule has 8 atom stereocenters. The monoisotopic (exact) mass is 610 g/mol. The Morgan fingerprint density at radius 1 is 1.25 bits per heavy atom. The lowest BCUT2D eigenvalue weighted by Crippen LogP contribution is -2.69. The number of pyridine rings is 1. The molecule has 1 aromatic heterocycles. The molecule has 0 aromatic carbocycles. The van der Waals surface area contributed by atoms with Crippen LogP contribution >= 0.6 is 23.2 Å². The highest BCUT2D eigenvalue weighted by molar-refractivity contribution is 7.89. The van der Waals surface area contributed by atoms with Crippen LogP contribution in [0.5, 0.6) is 0 Å². The molecule has 9 nitrogen and oxygen atoms in total. The van der Waals surface area contributed by atoms with Crippen LogP contribution in [0.1, 0.15) is 56.8 Å². The molecule has 0 bridgehead atoms. The zero-order valence-corrected chi connectivity index (χ0v) is 24.7. The molecule has 12 heteroatoms. The lowest BCUT2D eigenvalue weighted by Gasteiger charge is -2.64. The maximum atomic E-state index is 13.7. The number of nitrogens with zero attached hydrogens (tertiary/aromatic N) is 1. The lowest BCUT2D eigenvalue weighted by molar-refractivity contribution is -0.176. The fourth-order valence-corrected chi connectivity index (χ4v) is 9.55. The first kappa shape index (κ1) is 29.4. The topological polar surface area (TPSA) is 154 Å². The van der Waals surface area contributed by atoms with E-state index in [9.17, 15) is 27.9 Å². The number of hydrogen-bond donors (Lipinski definition) is 2. The predicted octanol–water partition coefficient (Wildman–Crippen LogP) is 3.32. The van der Waals surface area contributed by atoms with Crippen molar-refractivity contribution in [3.05, 3.63) is 47.7 Å². The Balaban J connectivity index is 1.57. The Morgan fingerprint density at radius 2 is 1.95 bits per heavy atom. The van der Waals surface area contributed by atoms with Crippen LogP contribution in [0.2, 0.25) is 0 Å². The molecule has 0 unspecified atom stereocenters. The van der Waals surface area contributed by atoms with Gasteiger partial charge >= 0.3 is 5.97 Å². The summed E-state index contributed by atoms with van der Waals surface area (Å²) >= 11 is 13.6. The van der Waals surface area contributed by atoms with Crippen LogP contribution in [0.3, 0.4) is 0 Å². The number of nitrogens with two attached hydrogens (primary N) is 1. The second-order valence-electron chi connectivity index (χ2n) is 12.0. The molecule has 1 aromatic rings. The van der Waals surface area contributed by atoms with Gasteiger partial charge in [0, 0.05) is 22.9 Å². The van der Waals surface area contributed by atoms with Crippen LogP contribution in [0.25, 0.3) is 0 Å². The van der Waals surface area contributed by atoms with Gasteiger partial charge in [-0.15, -0.1) is 23.2 Å². The number of rotatable bonds is 5. The van der Waals surface area contributed by atoms with Gasteiger partial charge < -0.3 is 9.84 Å². The molecule has 5 rings (SSSR count). The Hall–Kier alpha value is -2.11. The number of aromatic nitrogens is 1. The van der Waals surface area contributed by atoms with E-state index in [1.54, 1.807) is 12.2 Å². The van der Waals surface area contributed by atoms with E-state index in [0.29, 0.717) is 19.3 Å². The molecule has 0 amide bonds. The molecule has 40 heavy (non-hydrogen) atoms. The van der Waals surface area contributed by atoms with Crippen LogP contribution in [0, 0.1) is 28.6 Å². The molecule has 4 aliphatic rings. The number of alkyl halides is 2. The van der Waals surface area contributed by atoms with Gasteiger partial charge in [0.25, 0.3) is 10.0 Å². The molecule has 0 saturated heterocycles. The quantitative estimate of drug-likeness (QED) is 0.380. The maximum Gasteiger partial charge on any atom is 0.340 e. The molecule has 0 spiro atoms. The first-order chi connectivity index (χ1) is 18.6. The SMILES string of the molecule is C[C@@H]1C[C@H]2[C@@H]3CCC4=CC(=O)C=C[C@]4(C)[C@@]3(Cl)[C@@H](O)C[C@]2(C)[C@@]1(OC(=O)c1ccc(S(N)(=O)=O)nc1)C(=O)CCl. The van der Waals surface area contributed by atoms with Gasteiger partial charge in [0.2, 0.25) is 0 Å². The number of primary sulfonamides is 1. The van der Waals surface area contributed by atoms with Gasteiger partial charge in [-0.1, -0.05) is 32.4 Å². The van der Waals surface area contributed by atoms with Crippen molar-refractivity contribution in [2.45, 2.75) is 68.1 Å². The molecular formula is C28H32Cl2N2O7S. The minimum absolute atomic E-state index is 0.0607. The van der Waals surface area contributed by atoms with Crippen molar-refractivity contribution in [1.29, 1.82) is 0 Å². The number of fused-ring (bicyclic) bond motifs is 5. The second kappa shape index (κ2) is 9.46. The van der Waals surface area contributed by atoms with Gasteiger partial charge in [-0.2, -0.15) is 0 Å². The summed E-state index contributed by atoms with van der Waals surface area (Å²) in [5.74, 6) is -2.80. The van der Waals surface area contributed by atoms with Crippen LogP contribution < -0.4 is 5.14 Å². The molecule has 3 saturated carbocycles. The van der Waals surface area contributed by atoms with E-state index in [0.717, 1.165) is 17.8 Å². The number of hydrogen-bond acceptors (Lipinski definition) is 8. The normalized spacial score (nSPS) is 40.5. The van der Waals surface area contributed by atoms with Gasteiger partial charge in [0.05, 0.1) is 22.4 Å². The molecule has 4 aliphatic carbocycles. The van der Waals surface area contributed by atoms with Crippen molar-refractivity contribution in [2.24, 2.45) is 33.7 Å². The van der Waals surface area contributed by atoms with E-state index in [1.807, 2.05) is 20.8 Å². The number of esters is 1. The van der Waals surface area contributed by atoms with Crippen LogP contribution in [-0.4, -0.2) is 58.5 Å². The van der Waals surface area contributed by atoms with E-state index < -0.39 is 66.0 Å². The third kappa shape index (κ3) is 3.82. The lowest BCUT2D eigenvalue weighted by atomic mass is 9.45. The van der Waals surface area contributed by atoms with Crippen molar-refractivity contribution < 1.29 is 32.6 Å². The summed E-state index contributed by atoms with van der Waals surface area (Å²) < 4.78 is 29.3.